The third-order valence-corrected chi connectivity index (χ3v) is 12.1. The lowest BCUT2D eigenvalue weighted by Gasteiger charge is -2.36. The molecule has 1 atom stereocenters. The Labute approximate surface area is 373 Å². The van der Waals surface area contributed by atoms with Crippen molar-refractivity contribution in [1.29, 1.82) is 0 Å². The SMILES string of the molecule is CCCCc1nc2c(n1Cc1ccc(-c3ccccc3-c3nnnn3C(c3ccccc3)(c3ccccc3)c3ccccc3)cc1)CC(C(=O)OC)N(C(=O)OCc1ccccc1)C2. The lowest BCUT2D eigenvalue weighted by atomic mass is 9.77. The minimum Gasteiger partial charge on any atom is -0.467 e. The predicted octanol–water partition coefficient (Wildman–Crippen LogP) is 9.67. The third kappa shape index (κ3) is 8.08. The predicted molar refractivity (Wildman–Crippen MR) is 245 cm³/mol. The number of amides is 1. The van der Waals surface area contributed by atoms with Crippen LogP contribution in [0.15, 0.2) is 170 Å². The van der Waals surface area contributed by atoms with Crippen molar-refractivity contribution in [3.05, 3.63) is 215 Å². The van der Waals surface area contributed by atoms with E-state index in [0.717, 1.165) is 81.0 Å². The Morgan fingerprint density at radius 3 is 1.88 bits per heavy atom. The van der Waals surface area contributed by atoms with Crippen LogP contribution in [-0.2, 0) is 52.3 Å². The number of methoxy groups -OCH3 is 1. The van der Waals surface area contributed by atoms with E-state index in [-0.39, 0.29) is 19.6 Å². The standard InChI is InChI=1S/C53H49N7O4/c1-3-4-29-49-54-46-36-59(52(62)64-37-39-19-9-5-10-20-39)48(51(61)63-2)34-47(46)58(49)35-38-30-32-40(33-31-38)44-27-17-18-28-45(44)50-55-56-57-60(50)53(41-21-11-6-12-22-41,42-23-13-7-14-24-42)43-25-15-8-16-26-43/h5-28,30-33,48H,3-4,29,34-37H2,1-2H3. The molecule has 0 spiro atoms. The molecule has 9 rings (SSSR count). The van der Waals surface area contributed by atoms with E-state index < -0.39 is 23.6 Å². The van der Waals surface area contributed by atoms with Crippen LogP contribution >= 0.6 is 0 Å². The summed E-state index contributed by atoms with van der Waals surface area (Å²) in [5.74, 6) is 1.06. The number of hydrogen-bond acceptors (Lipinski definition) is 8. The molecule has 1 amide bonds. The highest BCUT2D eigenvalue weighted by Gasteiger charge is 2.42. The van der Waals surface area contributed by atoms with Gasteiger partial charge in [0.05, 0.1) is 19.3 Å². The molecule has 64 heavy (non-hydrogen) atoms. The first-order valence-electron chi connectivity index (χ1n) is 21.8. The van der Waals surface area contributed by atoms with Gasteiger partial charge in [0, 0.05) is 30.6 Å². The molecule has 11 nitrogen and oxygen atoms in total. The molecule has 6 aromatic carbocycles. The Balaban J connectivity index is 1.05. The first-order chi connectivity index (χ1) is 31.5. The summed E-state index contributed by atoms with van der Waals surface area (Å²) >= 11 is 0. The Hall–Kier alpha value is -7.66. The summed E-state index contributed by atoms with van der Waals surface area (Å²) < 4.78 is 15.1. The number of hydrogen-bond donors (Lipinski definition) is 0. The minimum absolute atomic E-state index is 0.0977. The van der Waals surface area contributed by atoms with Crippen LogP contribution in [0, 0.1) is 0 Å². The van der Waals surface area contributed by atoms with Gasteiger partial charge < -0.3 is 14.0 Å². The molecule has 1 unspecified atom stereocenters. The fourth-order valence-corrected chi connectivity index (χ4v) is 8.95. The van der Waals surface area contributed by atoms with Crippen molar-refractivity contribution in [2.24, 2.45) is 0 Å². The monoisotopic (exact) mass is 847 g/mol. The number of ether oxygens (including phenoxy) is 2. The fourth-order valence-electron chi connectivity index (χ4n) is 8.95. The van der Waals surface area contributed by atoms with Crippen molar-refractivity contribution >= 4 is 12.1 Å². The van der Waals surface area contributed by atoms with E-state index in [4.69, 9.17) is 24.8 Å². The van der Waals surface area contributed by atoms with Gasteiger partial charge in [-0.1, -0.05) is 183 Å². The van der Waals surface area contributed by atoms with Gasteiger partial charge in [-0.05, 0) is 55.8 Å². The van der Waals surface area contributed by atoms with Gasteiger partial charge in [-0.25, -0.2) is 19.3 Å². The maximum atomic E-state index is 13.5. The molecule has 0 fully saturated rings. The maximum Gasteiger partial charge on any atom is 0.411 e. The summed E-state index contributed by atoms with van der Waals surface area (Å²) in [5.41, 5.74) is 8.68. The van der Waals surface area contributed by atoms with Crippen LogP contribution in [0.2, 0.25) is 0 Å². The van der Waals surface area contributed by atoms with E-state index >= 15 is 0 Å². The Morgan fingerprint density at radius 2 is 1.28 bits per heavy atom. The van der Waals surface area contributed by atoms with Gasteiger partial charge in [-0.3, -0.25) is 4.90 Å². The summed E-state index contributed by atoms with van der Waals surface area (Å²) in [6.07, 6.45) is 2.40. The number of tetrazole rings is 1. The topological polar surface area (TPSA) is 117 Å². The number of aromatic nitrogens is 6. The zero-order chi connectivity index (χ0) is 43.9. The highest BCUT2D eigenvalue weighted by molar-refractivity contribution is 5.83. The molecule has 0 bridgehead atoms. The van der Waals surface area contributed by atoms with Crippen LogP contribution in [0.5, 0.6) is 0 Å². The summed E-state index contributed by atoms with van der Waals surface area (Å²) in [6.45, 7) is 2.94. The Kier molecular flexibility index (Phi) is 12.2. The van der Waals surface area contributed by atoms with E-state index in [1.807, 2.05) is 65.3 Å². The smallest absolute Gasteiger partial charge is 0.411 e. The lowest BCUT2D eigenvalue weighted by molar-refractivity contribution is -0.147. The van der Waals surface area contributed by atoms with E-state index in [2.05, 4.69) is 126 Å². The quantitative estimate of drug-likeness (QED) is 0.0785. The van der Waals surface area contributed by atoms with E-state index in [9.17, 15) is 9.59 Å². The van der Waals surface area contributed by atoms with E-state index in [1.54, 1.807) is 0 Å². The number of carbonyl (C=O) groups is 2. The van der Waals surface area contributed by atoms with Crippen molar-refractivity contribution < 1.29 is 19.1 Å². The average molecular weight is 848 g/mol. The van der Waals surface area contributed by atoms with Gasteiger partial charge in [0.15, 0.2) is 5.82 Å². The van der Waals surface area contributed by atoms with E-state index in [1.165, 1.54) is 12.0 Å². The highest BCUT2D eigenvalue weighted by atomic mass is 16.6. The number of rotatable bonds is 14. The molecule has 11 heteroatoms. The highest BCUT2D eigenvalue weighted by Crippen LogP contribution is 2.43. The van der Waals surface area contributed by atoms with Crippen molar-refractivity contribution in [2.45, 2.75) is 63.9 Å². The number of benzene rings is 6. The van der Waals surface area contributed by atoms with Crippen LogP contribution in [-0.4, -0.2) is 59.9 Å². The van der Waals surface area contributed by atoms with Gasteiger partial charge in [0.25, 0.3) is 0 Å². The van der Waals surface area contributed by atoms with Crippen molar-refractivity contribution in [2.75, 3.05) is 7.11 Å². The number of esters is 1. The van der Waals surface area contributed by atoms with Crippen LogP contribution in [0.4, 0.5) is 4.79 Å². The van der Waals surface area contributed by atoms with E-state index in [0.29, 0.717) is 12.4 Å². The molecular formula is C53H49N7O4. The number of nitrogens with zero attached hydrogens (tertiary/aromatic N) is 7. The largest absolute Gasteiger partial charge is 0.467 e. The number of imidazole rings is 1. The van der Waals surface area contributed by atoms with Crippen LogP contribution in [0.1, 0.15) is 64.8 Å². The second kappa shape index (κ2) is 18.8. The van der Waals surface area contributed by atoms with Crippen LogP contribution in [0.25, 0.3) is 22.5 Å². The molecular weight excluding hydrogens is 799 g/mol. The van der Waals surface area contributed by atoms with Crippen molar-refractivity contribution in [1.82, 2.24) is 34.7 Å². The molecule has 0 saturated heterocycles. The molecule has 3 heterocycles. The number of aryl methyl sites for hydroxylation is 1. The van der Waals surface area contributed by atoms with Gasteiger partial charge in [-0.15, -0.1) is 5.10 Å². The van der Waals surface area contributed by atoms with Gasteiger partial charge in [0.2, 0.25) is 0 Å². The van der Waals surface area contributed by atoms with Gasteiger partial charge in [0.1, 0.15) is 24.0 Å². The average Bonchev–Trinajstić information content (AvgIpc) is 3.98. The molecule has 1 aliphatic rings. The molecule has 0 radical (unpaired) electrons. The summed E-state index contributed by atoms with van der Waals surface area (Å²) in [7, 11) is 1.35. The summed E-state index contributed by atoms with van der Waals surface area (Å²) in [6, 6.07) is 56.6. The molecule has 0 saturated carbocycles. The lowest BCUT2D eigenvalue weighted by Crippen LogP contribution is -2.49. The second-order valence-corrected chi connectivity index (χ2v) is 16.0. The zero-order valence-electron chi connectivity index (χ0n) is 36.0. The molecule has 2 aromatic heterocycles. The first-order valence-corrected chi connectivity index (χ1v) is 21.8. The minimum atomic E-state index is -0.897. The fraction of sp³-hybridized carbons (Fsp3) is 0.208. The van der Waals surface area contributed by atoms with Gasteiger partial charge >= 0.3 is 12.1 Å². The second-order valence-electron chi connectivity index (χ2n) is 16.0. The van der Waals surface area contributed by atoms with Gasteiger partial charge in [-0.2, -0.15) is 0 Å². The molecule has 0 aliphatic carbocycles. The van der Waals surface area contributed by atoms with Crippen molar-refractivity contribution in [3.8, 4) is 22.5 Å². The molecule has 8 aromatic rings. The van der Waals surface area contributed by atoms with Crippen LogP contribution in [0.3, 0.4) is 0 Å². The zero-order valence-corrected chi connectivity index (χ0v) is 36.0. The Bertz CT molecular complexity index is 2730. The van der Waals surface area contributed by atoms with Crippen LogP contribution < -0.4 is 0 Å². The normalized spacial score (nSPS) is 13.6. The first kappa shape index (κ1) is 41.7. The maximum absolute atomic E-state index is 13.5. The number of unbranched alkanes of at least 4 members (excludes halogenated alkanes) is 1. The number of carbonyl (C=O) groups excluding carboxylic acids is 2. The number of fused-ring (bicyclic) bond motifs is 1. The molecule has 0 N–H and O–H groups in total. The third-order valence-electron chi connectivity index (χ3n) is 12.1. The molecule has 1 aliphatic heterocycles. The Morgan fingerprint density at radius 1 is 0.703 bits per heavy atom. The molecule has 320 valence electrons. The summed E-state index contributed by atoms with van der Waals surface area (Å²) in [5, 5.41) is 13.9. The summed E-state index contributed by atoms with van der Waals surface area (Å²) in [4.78, 5) is 33.3. The van der Waals surface area contributed by atoms with Crippen molar-refractivity contribution in [3.63, 3.8) is 0 Å².